The third-order valence-electron chi connectivity index (χ3n) is 4.03. The summed E-state index contributed by atoms with van der Waals surface area (Å²) in [5.74, 6) is 0.935. The molecule has 0 spiro atoms. The lowest BCUT2D eigenvalue weighted by atomic mass is 9.95. The predicted octanol–water partition coefficient (Wildman–Crippen LogP) is 4.33. The first-order valence-electron chi connectivity index (χ1n) is 8.55. The van der Waals surface area contributed by atoms with Gasteiger partial charge in [-0.15, -0.1) is 0 Å². The fourth-order valence-electron chi connectivity index (χ4n) is 2.69. The minimum Gasteiger partial charge on any atom is -0.491 e. The van der Waals surface area contributed by atoms with Gasteiger partial charge in [-0.3, -0.25) is 0 Å². The van der Waals surface area contributed by atoms with E-state index in [1.54, 1.807) is 0 Å². The number of benzene rings is 1. The maximum Gasteiger partial charge on any atom is 0.119 e. The lowest BCUT2D eigenvalue weighted by Crippen LogP contribution is -2.30. The first-order valence-corrected chi connectivity index (χ1v) is 8.55. The first kappa shape index (κ1) is 17.3. The molecule has 0 aliphatic carbocycles. The molecule has 1 saturated heterocycles. The van der Waals surface area contributed by atoms with E-state index >= 15 is 0 Å². The zero-order valence-corrected chi connectivity index (χ0v) is 14.5. The molecule has 1 N–H and O–H groups in total. The van der Waals surface area contributed by atoms with E-state index < -0.39 is 0 Å². The third kappa shape index (κ3) is 5.62. The van der Waals surface area contributed by atoms with Gasteiger partial charge in [0, 0.05) is 19.2 Å². The number of rotatable bonds is 7. The van der Waals surface area contributed by atoms with Crippen LogP contribution in [0.5, 0.6) is 5.75 Å². The largest absolute Gasteiger partial charge is 0.491 e. The lowest BCUT2D eigenvalue weighted by molar-refractivity contribution is 0.0679. The molecule has 1 heterocycles. The Balaban J connectivity index is 1.85. The van der Waals surface area contributed by atoms with Crippen LogP contribution in [0.4, 0.5) is 0 Å². The molecular weight excluding hydrogens is 274 g/mol. The van der Waals surface area contributed by atoms with Crippen molar-refractivity contribution in [1.29, 1.82) is 0 Å². The molecule has 0 amide bonds. The van der Waals surface area contributed by atoms with Crippen LogP contribution >= 0.6 is 0 Å². The molecule has 22 heavy (non-hydrogen) atoms. The van der Waals surface area contributed by atoms with E-state index in [0.717, 1.165) is 38.2 Å². The second kappa shape index (κ2) is 7.98. The normalized spacial score (nSPS) is 20.1. The van der Waals surface area contributed by atoms with Gasteiger partial charge >= 0.3 is 0 Å². The molecule has 2 unspecified atom stereocenters. The predicted molar refractivity (Wildman–Crippen MR) is 91.4 cm³/mol. The molecule has 0 radical (unpaired) electrons. The summed E-state index contributed by atoms with van der Waals surface area (Å²) in [6.45, 7) is 11.6. The molecule has 1 aromatic rings. The highest BCUT2D eigenvalue weighted by molar-refractivity contribution is 5.29. The highest BCUT2D eigenvalue weighted by Crippen LogP contribution is 2.22. The summed E-state index contributed by atoms with van der Waals surface area (Å²) in [7, 11) is 0. The monoisotopic (exact) mass is 305 g/mol. The zero-order chi connectivity index (χ0) is 16.0. The quantitative estimate of drug-likeness (QED) is 0.813. The Kier molecular flexibility index (Phi) is 6.27. The van der Waals surface area contributed by atoms with Crippen molar-refractivity contribution in [1.82, 2.24) is 5.32 Å². The van der Waals surface area contributed by atoms with Gasteiger partial charge in [0.05, 0.1) is 6.10 Å². The van der Waals surface area contributed by atoms with Gasteiger partial charge < -0.3 is 14.8 Å². The smallest absolute Gasteiger partial charge is 0.119 e. The molecule has 1 aromatic carbocycles. The van der Waals surface area contributed by atoms with Crippen molar-refractivity contribution in [3.63, 3.8) is 0 Å². The van der Waals surface area contributed by atoms with Gasteiger partial charge in [0.2, 0.25) is 0 Å². The molecule has 3 heteroatoms. The highest BCUT2D eigenvalue weighted by Gasteiger charge is 2.17. The first-order chi connectivity index (χ1) is 10.5. The van der Waals surface area contributed by atoms with Crippen LogP contribution in [0.25, 0.3) is 0 Å². The van der Waals surface area contributed by atoms with E-state index in [1.807, 2.05) is 0 Å². The van der Waals surface area contributed by atoms with Gasteiger partial charge in [0.25, 0.3) is 0 Å². The minimum absolute atomic E-state index is 0.275. The Morgan fingerprint density at radius 2 is 2.00 bits per heavy atom. The van der Waals surface area contributed by atoms with Gasteiger partial charge in [0.15, 0.2) is 0 Å². The van der Waals surface area contributed by atoms with E-state index in [1.165, 1.54) is 5.56 Å². The fraction of sp³-hybridized carbons (Fsp3) is 0.684. The average Bonchev–Trinajstić information content (AvgIpc) is 2.99. The van der Waals surface area contributed by atoms with E-state index in [0.29, 0.717) is 18.1 Å². The molecule has 2 rings (SSSR count). The maximum absolute atomic E-state index is 5.83. The second-order valence-corrected chi connectivity index (χ2v) is 7.42. The van der Waals surface area contributed by atoms with Crippen molar-refractivity contribution < 1.29 is 9.47 Å². The van der Waals surface area contributed by atoms with Crippen LogP contribution in [0.2, 0.25) is 0 Å². The Bertz CT molecular complexity index is 430. The van der Waals surface area contributed by atoms with E-state index in [4.69, 9.17) is 9.47 Å². The van der Waals surface area contributed by atoms with Gasteiger partial charge in [0.1, 0.15) is 12.4 Å². The fourth-order valence-corrected chi connectivity index (χ4v) is 2.69. The van der Waals surface area contributed by atoms with Crippen LogP contribution in [0, 0.1) is 5.41 Å². The van der Waals surface area contributed by atoms with Crippen molar-refractivity contribution >= 4 is 0 Å². The van der Waals surface area contributed by atoms with Crippen molar-refractivity contribution in [2.45, 2.75) is 59.1 Å². The standard InChI is InChI=1S/C19H31NO2/c1-5-18(20-14-19(2,3)4)15-8-10-16(11-9-15)22-13-17-7-6-12-21-17/h8-11,17-18,20H,5-7,12-14H2,1-4H3. The molecule has 0 bridgehead atoms. The number of hydrogen-bond acceptors (Lipinski definition) is 3. The van der Waals surface area contributed by atoms with Crippen molar-refractivity contribution in [2.75, 3.05) is 19.8 Å². The summed E-state index contributed by atoms with van der Waals surface area (Å²) in [5.41, 5.74) is 1.63. The molecule has 1 aliphatic heterocycles. The van der Waals surface area contributed by atoms with Crippen LogP contribution in [0.1, 0.15) is 58.6 Å². The van der Waals surface area contributed by atoms with Crippen molar-refractivity contribution in [3.8, 4) is 5.75 Å². The van der Waals surface area contributed by atoms with Gasteiger partial charge in [-0.25, -0.2) is 0 Å². The Morgan fingerprint density at radius 3 is 2.55 bits per heavy atom. The van der Waals surface area contributed by atoms with E-state index in [-0.39, 0.29) is 6.10 Å². The average molecular weight is 305 g/mol. The van der Waals surface area contributed by atoms with Crippen LogP contribution in [0.15, 0.2) is 24.3 Å². The summed E-state index contributed by atoms with van der Waals surface area (Å²) in [6, 6.07) is 8.91. The Morgan fingerprint density at radius 1 is 1.27 bits per heavy atom. The molecule has 124 valence electrons. The number of hydrogen-bond donors (Lipinski definition) is 1. The molecule has 3 nitrogen and oxygen atoms in total. The highest BCUT2D eigenvalue weighted by atomic mass is 16.5. The third-order valence-corrected chi connectivity index (χ3v) is 4.03. The summed E-state index contributed by atoms with van der Waals surface area (Å²) in [5, 5.41) is 3.66. The summed E-state index contributed by atoms with van der Waals surface area (Å²) in [4.78, 5) is 0. The second-order valence-electron chi connectivity index (χ2n) is 7.42. The lowest BCUT2D eigenvalue weighted by Gasteiger charge is -2.24. The van der Waals surface area contributed by atoms with Crippen LogP contribution in [-0.2, 0) is 4.74 Å². The van der Waals surface area contributed by atoms with Crippen LogP contribution < -0.4 is 10.1 Å². The topological polar surface area (TPSA) is 30.5 Å². The van der Waals surface area contributed by atoms with Gasteiger partial charge in [-0.1, -0.05) is 39.8 Å². The van der Waals surface area contributed by atoms with Crippen molar-refractivity contribution in [3.05, 3.63) is 29.8 Å². The molecule has 1 fully saturated rings. The summed E-state index contributed by atoms with van der Waals surface area (Å²) in [6.07, 6.45) is 3.64. The summed E-state index contributed by atoms with van der Waals surface area (Å²) < 4.78 is 11.4. The summed E-state index contributed by atoms with van der Waals surface area (Å²) >= 11 is 0. The molecule has 1 aliphatic rings. The van der Waals surface area contributed by atoms with Gasteiger partial charge in [-0.2, -0.15) is 0 Å². The Labute approximate surface area is 135 Å². The minimum atomic E-state index is 0.275. The molecular formula is C19H31NO2. The molecule has 0 aromatic heterocycles. The molecule has 2 atom stereocenters. The van der Waals surface area contributed by atoms with E-state index in [9.17, 15) is 0 Å². The van der Waals surface area contributed by atoms with Crippen LogP contribution in [-0.4, -0.2) is 25.9 Å². The van der Waals surface area contributed by atoms with Crippen LogP contribution in [0.3, 0.4) is 0 Å². The maximum atomic E-state index is 5.83. The Hall–Kier alpha value is -1.06. The number of ether oxygens (including phenoxy) is 2. The molecule has 0 saturated carbocycles. The SMILES string of the molecule is CCC(NCC(C)(C)C)c1ccc(OCC2CCCO2)cc1. The van der Waals surface area contributed by atoms with E-state index in [2.05, 4.69) is 57.3 Å². The van der Waals surface area contributed by atoms with Crippen molar-refractivity contribution in [2.24, 2.45) is 5.41 Å². The zero-order valence-electron chi connectivity index (χ0n) is 14.5. The van der Waals surface area contributed by atoms with Gasteiger partial charge in [-0.05, 0) is 42.4 Å². The number of nitrogens with one attached hydrogen (secondary N) is 1.